The van der Waals surface area contributed by atoms with Gasteiger partial charge in [-0.1, -0.05) is 0 Å². The Kier molecular flexibility index (Phi) is 7.12. The number of rotatable bonds is 5. The maximum absolute atomic E-state index is 12.1. The fourth-order valence-electron chi connectivity index (χ4n) is 2.91. The van der Waals surface area contributed by atoms with E-state index in [1.807, 2.05) is 20.8 Å². The lowest BCUT2D eigenvalue weighted by molar-refractivity contribution is 0.0164. The van der Waals surface area contributed by atoms with Gasteiger partial charge in [0, 0.05) is 13.1 Å². The third kappa shape index (κ3) is 6.60. The van der Waals surface area contributed by atoms with E-state index in [2.05, 4.69) is 4.74 Å². The zero-order valence-corrected chi connectivity index (χ0v) is 18.0. The van der Waals surface area contributed by atoms with Crippen molar-refractivity contribution >= 4 is 22.1 Å². The largest absolute Gasteiger partial charge is 0.492 e. The smallest absolute Gasteiger partial charge is 0.410 e. The molecule has 1 aliphatic heterocycles. The number of nitrogens with zero attached hydrogens (tertiary/aromatic N) is 1. The molecule has 0 spiro atoms. The number of ether oxygens (including phenoxy) is 3. The van der Waals surface area contributed by atoms with E-state index in [4.69, 9.17) is 14.6 Å². The second-order valence-corrected chi connectivity index (χ2v) is 9.45. The van der Waals surface area contributed by atoms with E-state index in [1.165, 1.54) is 19.2 Å². The summed E-state index contributed by atoms with van der Waals surface area (Å²) in [6.07, 6.45) is 1.06. The Labute approximate surface area is 171 Å². The summed E-state index contributed by atoms with van der Waals surface area (Å²) in [7, 11) is -2.89. The van der Waals surface area contributed by atoms with Crippen LogP contribution in [0.4, 0.5) is 4.79 Å². The number of amides is 1. The Hall–Kier alpha value is -2.33. The molecule has 10 heteroatoms. The monoisotopic (exact) mass is 428 g/mol. The number of sulfonamides is 1. The summed E-state index contributed by atoms with van der Waals surface area (Å²) in [5.41, 5.74) is -0.480. The predicted octanol–water partition coefficient (Wildman–Crippen LogP) is 2.15. The van der Waals surface area contributed by atoms with Gasteiger partial charge in [-0.05, 0) is 57.7 Å². The minimum absolute atomic E-state index is 0.0644. The topological polar surface area (TPSA) is 125 Å². The van der Waals surface area contributed by atoms with Crippen LogP contribution < -0.4 is 9.88 Å². The standard InChI is InChI=1S/C19H28N2O7S/c1-19(2,3)28-18(23)21-9-7-13(8-10-21)12-27-15-6-5-14(17(22)26-4)11-16(15)29(20,24)25/h5-6,11,13H,7-10,12H2,1-4H3,(H2,20,24,25). The molecule has 1 saturated heterocycles. The van der Waals surface area contributed by atoms with Gasteiger partial charge >= 0.3 is 12.1 Å². The molecule has 0 radical (unpaired) electrons. The third-order valence-corrected chi connectivity index (χ3v) is 5.34. The van der Waals surface area contributed by atoms with Crippen LogP contribution in [0, 0.1) is 5.92 Å². The molecule has 1 heterocycles. The number of carbonyl (C=O) groups excluding carboxylic acids is 2. The van der Waals surface area contributed by atoms with Gasteiger partial charge in [0.25, 0.3) is 0 Å². The molecule has 1 aliphatic rings. The first-order valence-electron chi connectivity index (χ1n) is 9.26. The molecular formula is C19H28N2O7S. The number of hydrogen-bond acceptors (Lipinski definition) is 7. The van der Waals surface area contributed by atoms with E-state index in [0.717, 1.165) is 6.07 Å². The average Bonchev–Trinajstić information content (AvgIpc) is 2.64. The first-order chi connectivity index (χ1) is 13.4. The van der Waals surface area contributed by atoms with Gasteiger partial charge in [0.2, 0.25) is 10.0 Å². The van der Waals surface area contributed by atoms with Gasteiger partial charge in [-0.2, -0.15) is 0 Å². The summed E-state index contributed by atoms with van der Waals surface area (Å²) in [5.74, 6) is -0.451. The number of benzene rings is 1. The third-order valence-electron chi connectivity index (χ3n) is 4.41. The van der Waals surface area contributed by atoms with Crippen molar-refractivity contribution < 1.29 is 32.2 Å². The minimum Gasteiger partial charge on any atom is -0.492 e. The van der Waals surface area contributed by atoms with Crippen molar-refractivity contribution in [1.82, 2.24) is 4.90 Å². The van der Waals surface area contributed by atoms with E-state index < -0.39 is 21.6 Å². The quantitative estimate of drug-likeness (QED) is 0.712. The van der Waals surface area contributed by atoms with E-state index in [9.17, 15) is 18.0 Å². The molecule has 0 aliphatic carbocycles. The highest BCUT2D eigenvalue weighted by molar-refractivity contribution is 7.89. The first kappa shape index (κ1) is 23.0. The lowest BCUT2D eigenvalue weighted by atomic mass is 9.98. The molecule has 0 aromatic heterocycles. The van der Waals surface area contributed by atoms with Crippen molar-refractivity contribution in [3.63, 3.8) is 0 Å². The van der Waals surface area contributed by atoms with Gasteiger partial charge < -0.3 is 19.1 Å². The molecule has 0 bridgehead atoms. The molecule has 1 aromatic rings. The second kappa shape index (κ2) is 9.00. The number of carbonyl (C=O) groups is 2. The molecule has 2 rings (SSSR count). The average molecular weight is 429 g/mol. The molecule has 2 N–H and O–H groups in total. The first-order valence-corrected chi connectivity index (χ1v) is 10.8. The van der Waals surface area contributed by atoms with Crippen molar-refractivity contribution in [1.29, 1.82) is 0 Å². The van der Waals surface area contributed by atoms with Gasteiger partial charge in [0.05, 0.1) is 19.3 Å². The number of hydrogen-bond donors (Lipinski definition) is 1. The van der Waals surface area contributed by atoms with Crippen LogP contribution in [-0.4, -0.2) is 57.8 Å². The minimum atomic E-state index is -4.09. The SMILES string of the molecule is COC(=O)c1ccc(OCC2CCN(C(=O)OC(C)(C)C)CC2)c(S(N)(=O)=O)c1. The van der Waals surface area contributed by atoms with Gasteiger partial charge in [-0.25, -0.2) is 23.1 Å². The zero-order chi connectivity index (χ0) is 21.8. The summed E-state index contributed by atoms with van der Waals surface area (Å²) in [5, 5.41) is 5.26. The molecular weight excluding hydrogens is 400 g/mol. The Bertz CT molecular complexity index is 854. The molecule has 1 fully saturated rings. The van der Waals surface area contributed by atoms with Gasteiger partial charge in [0.15, 0.2) is 0 Å². The Morgan fingerprint density at radius 3 is 2.34 bits per heavy atom. The van der Waals surface area contributed by atoms with Crippen LogP contribution in [0.5, 0.6) is 5.75 Å². The number of piperidine rings is 1. The van der Waals surface area contributed by atoms with Crippen molar-refractivity contribution in [2.75, 3.05) is 26.8 Å². The number of methoxy groups -OCH3 is 1. The highest BCUT2D eigenvalue weighted by Crippen LogP contribution is 2.27. The van der Waals surface area contributed by atoms with Crippen LogP contribution >= 0.6 is 0 Å². The normalized spacial score (nSPS) is 15.7. The van der Waals surface area contributed by atoms with Crippen LogP contribution in [0.2, 0.25) is 0 Å². The van der Waals surface area contributed by atoms with Crippen molar-refractivity contribution in [2.24, 2.45) is 11.1 Å². The molecule has 0 atom stereocenters. The Morgan fingerprint density at radius 1 is 1.21 bits per heavy atom. The fourth-order valence-corrected chi connectivity index (χ4v) is 3.61. The summed E-state index contributed by atoms with van der Waals surface area (Å²) in [6.45, 7) is 6.79. The van der Waals surface area contributed by atoms with Crippen LogP contribution in [-0.2, 0) is 19.5 Å². The maximum Gasteiger partial charge on any atom is 0.410 e. The highest BCUT2D eigenvalue weighted by atomic mass is 32.2. The Morgan fingerprint density at radius 2 is 1.83 bits per heavy atom. The molecule has 162 valence electrons. The van der Waals surface area contributed by atoms with Crippen LogP contribution in [0.1, 0.15) is 44.0 Å². The van der Waals surface area contributed by atoms with Gasteiger partial charge in [-0.15, -0.1) is 0 Å². The lowest BCUT2D eigenvalue weighted by Crippen LogP contribution is -2.42. The molecule has 0 saturated carbocycles. The fraction of sp³-hybridized carbons (Fsp3) is 0.579. The summed E-state index contributed by atoms with van der Waals surface area (Å²) in [4.78, 5) is 25.1. The molecule has 0 unspecified atom stereocenters. The molecule has 1 amide bonds. The number of nitrogens with two attached hydrogens (primary N) is 1. The molecule has 1 aromatic carbocycles. The number of likely N-dealkylation sites (tertiary alicyclic amines) is 1. The van der Waals surface area contributed by atoms with Gasteiger partial charge in [-0.3, -0.25) is 0 Å². The van der Waals surface area contributed by atoms with Crippen molar-refractivity contribution in [2.45, 2.75) is 44.1 Å². The summed E-state index contributed by atoms with van der Waals surface area (Å²) in [6, 6.07) is 3.95. The number of esters is 1. The zero-order valence-electron chi connectivity index (χ0n) is 17.1. The number of primary sulfonamides is 1. The van der Waals surface area contributed by atoms with E-state index in [0.29, 0.717) is 25.9 Å². The Balaban J connectivity index is 1.99. The van der Waals surface area contributed by atoms with E-state index >= 15 is 0 Å². The lowest BCUT2D eigenvalue weighted by Gasteiger charge is -2.33. The second-order valence-electron chi connectivity index (χ2n) is 7.92. The molecule has 29 heavy (non-hydrogen) atoms. The van der Waals surface area contributed by atoms with E-state index in [1.54, 1.807) is 4.90 Å². The van der Waals surface area contributed by atoms with Crippen LogP contribution in [0.15, 0.2) is 23.1 Å². The maximum atomic E-state index is 12.1. The molecule has 9 nitrogen and oxygen atoms in total. The van der Waals surface area contributed by atoms with Gasteiger partial charge in [0.1, 0.15) is 16.2 Å². The van der Waals surface area contributed by atoms with E-state index in [-0.39, 0.29) is 34.8 Å². The van der Waals surface area contributed by atoms with Crippen molar-refractivity contribution in [3.05, 3.63) is 23.8 Å². The summed E-state index contributed by atoms with van der Waals surface area (Å²) >= 11 is 0. The predicted molar refractivity (Wildman–Crippen MR) is 105 cm³/mol. The van der Waals surface area contributed by atoms with Crippen molar-refractivity contribution in [3.8, 4) is 5.75 Å². The highest BCUT2D eigenvalue weighted by Gasteiger charge is 2.27. The van der Waals surface area contributed by atoms with Crippen LogP contribution in [0.25, 0.3) is 0 Å². The van der Waals surface area contributed by atoms with Crippen LogP contribution in [0.3, 0.4) is 0 Å². The summed E-state index contributed by atoms with van der Waals surface area (Å²) < 4.78 is 39.4.